The van der Waals surface area contributed by atoms with Gasteiger partial charge in [-0.1, -0.05) is 11.6 Å². The Morgan fingerprint density at radius 2 is 1.96 bits per heavy atom. The molecule has 1 amide bonds. The molecule has 0 aliphatic rings. The summed E-state index contributed by atoms with van der Waals surface area (Å²) in [6, 6.07) is 12.4. The molecule has 0 aliphatic heterocycles. The first-order chi connectivity index (χ1) is 10.9. The minimum atomic E-state index is -1.03. The van der Waals surface area contributed by atoms with Crippen molar-refractivity contribution in [3.63, 3.8) is 0 Å². The number of carbonyl (C=O) groups is 1. The normalized spacial score (nSPS) is 11.4. The molecule has 0 spiro atoms. The van der Waals surface area contributed by atoms with Crippen molar-refractivity contribution in [3.05, 3.63) is 53.7 Å². The van der Waals surface area contributed by atoms with E-state index in [0.29, 0.717) is 16.5 Å². The topological polar surface area (TPSA) is 67.0 Å². The van der Waals surface area contributed by atoms with Crippen LogP contribution < -0.4 is 10.1 Å². The van der Waals surface area contributed by atoms with Gasteiger partial charge in [-0.25, -0.2) is 0 Å². The van der Waals surface area contributed by atoms with E-state index in [1.165, 1.54) is 0 Å². The number of hydrogen-bond donors (Lipinski definition) is 2. The van der Waals surface area contributed by atoms with E-state index < -0.39 is 5.60 Å². The van der Waals surface area contributed by atoms with Crippen LogP contribution in [-0.4, -0.2) is 21.7 Å². The Morgan fingerprint density at radius 3 is 2.70 bits per heavy atom. The smallest absolute Gasteiger partial charge is 0.267 e. The maximum Gasteiger partial charge on any atom is 0.267 e. The Hall–Kier alpha value is -2.53. The maximum atomic E-state index is 12.5. The zero-order valence-electron chi connectivity index (χ0n) is 12.8. The molecule has 118 valence electrons. The van der Waals surface area contributed by atoms with E-state index in [1.54, 1.807) is 44.3 Å². The van der Waals surface area contributed by atoms with Gasteiger partial charge < -0.3 is 10.1 Å². The van der Waals surface area contributed by atoms with E-state index in [4.69, 9.17) is 16.3 Å². The monoisotopic (exact) mass is 329 g/mol. The first kappa shape index (κ1) is 15.4. The number of amides is 1. The fourth-order valence-electron chi connectivity index (χ4n) is 2.14. The molecule has 0 fully saturated rings. The number of halogens is 1. The zero-order chi connectivity index (χ0) is 16.4. The summed E-state index contributed by atoms with van der Waals surface area (Å²) >= 11 is 5.85. The second kappa shape index (κ2) is 5.93. The Labute approximate surface area is 138 Å². The van der Waals surface area contributed by atoms with Crippen LogP contribution in [0.2, 0.25) is 5.02 Å². The predicted octanol–water partition coefficient (Wildman–Crippen LogP) is 4.01. The van der Waals surface area contributed by atoms with E-state index in [0.717, 1.165) is 10.9 Å². The van der Waals surface area contributed by atoms with E-state index >= 15 is 0 Å². The molecule has 2 N–H and O–H groups in total. The van der Waals surface area contributed by atoms with Crippen LogP contribution in [0, 0.1) is 0 Å². The summed E-state index contributed by atoms with van der Waals surface area (Å²) < 4.78 is 5.77. The lowest BCUT2D eigenvalue weighted by Crippen LogP contribution is -2.42. The molecule has 6 heteroatoms. The Morgan fingerprint density at radius 1 is 1.22 bits per heavy atom. The number of benzene rings is 2. The summed E-state index contributed by atoms with van der Waals surface area (Å²) in [6.07, 6.45) is 1.73. The minimum absolute atomic E-state index is 0.244. The lowest BCUT2D eigenvalue weighted by Gasteiger charge is -2.25. The molecule has 5 nitrogen and oxygen atoms in total. The molecule has 3 aromatic rings. The van der Waals surface area contributed by atoms with Crippen molar-refractivity contribution in [2.45, 2.75) is 19.4 Å². The van der Waals surface area contributed by atoms with Crippen molar-refractivity contribution in [3.8, 4) is 5.75 Å². The van der Waals surface area contributed by atoms with Crippen molar-refractivity contribution < 1.29 is 9.53 Å². The molecule has 2 aromatic carbocycles. The van der Waals surface area contributed by atoms with Crippen LogP contribution in [0.5, 0.6) is 5.75 Å². The number of anilines is 1. The van der Waals surface area contributed by atoms with E-state index in [2.05, 4.69) is 15.5 Å². The number of aromatic amines is 1. The van der Waals surface area contributed by atoms with E-state index in [1.807, 2.05) is 18.2 Å². The SMILES string of the molecule is CC(C)(Oc1ccc(Cl)cc1)C(=O)Nc1ccc2cn[nH]c2c1. The summed E-state index contributed by atoms with van der Waals surface area (Å²) in [7, 11) is 0. The summed E-state index contributed by atoms with van der Waals surface area (Å²) in [5, 5.41) is 11.3. The van der Waals surface area contributed by atoms with Gasteiger partial charge in [-0.05, 0) is 56.3 Å². The van der Waals surface area contributed by atoms with Gasteiger partial charge in [-0.3, -0.25) is 9.89 Å². The van der Waals surface area contributed by atoms with Crippen molar-refractivity contribution >= 4 is 34.1 Å². The number of rotatable bonds is 4. The molecule has 0 radical (unpaired) electrons. The van der Waals surface area contributed by atoms with Gasteiger partial charge in [-0.15, -0.1) is 0 Å². The summed E-state index contributed by atoms with van der Waals surface area (Å²) in [5.41, 5.74) is 0.510. The minimum Gasteiger partial charge on any atom is -0.478 e. The Balaban J connectivity index is 1.73. The fourth-order valence-corrected chi connectivity index (χ4v) is 2.27. The van der Waals surface area contributed by atoms with Crippen LogP contribution in [0.4, 0.5) is 5.69 Å². The van der Waals surface area contributed by atoms with Gasteiger partial charge in [0.15, 0.2) is 5.60 Å². The molecule has 3 rings (SSSR count). The third kappa shape index (κ3) is 3.46. The molecular formula is C17H16ClN3O2. The van der Waals surface area contributed by atoms with Gasteiger partial charge >= 0.3 is 0 Å². The number of nitrogens with zero attached hydrogens (tertiary/aromatic N) is 1. The highest BCUT2D eigenvalue weighted by Gasteiger charge is 2.30. The standard InChI is InChI=1S/C17H16ClN3O2/c1-17(2,23-14-7-4-12(18)5-8-14)16(22)20-13-6-3-11-10-19-21-15(11)9-13/h3-10H,1-2H3,(H,19,21)(H,20,22). The van der Waals surface area contributed by atoms with Gasteiger partial charge in [0.25, 0.3) is 5.91 Å². The van der Waals surface area contributed by atoms with Crippen LogP contribution >= 0.6 is 11.6 Å². The average molecular weight is 330 g/mol. The largest absolute Gasteiger partial charge is 0.478 e. The van der Waals surface area contributed by atoms with E-state index in [9.17, 15) is 4.79 Å². The maximum absolute atomic E-state index is 12.5. The molecule has 1 heterocycles. The molecule has 0 saturated carbocycles. The Kier molecular flexibility index (Phi) is 3.96. The Bertz CT molecular complexity index is 840. The summed E-state index contributed by atoms with van der Waals surface area (Å²) in [6.45, 7) is 3.43. The van der Waals surface area contributed by atoms with Crippen LogP contribution in [0.15, 0.2) is 48.7 Å². The lowest BCUT2D eigenvalue weighted by atomic mass is 10.1. The number of aromatic nitrogens is 2. The highest BCUT2D eigenvalue weighted by molar-refractivity contribution is 6.30. The molecular weight excluding hydrogens is 314 g/mol. The van der Waals surface area contributed by atoms with Gasteiger partial charge in [0.05, 0.1) is 11.7 Å². The second-order valence-electron chi connectivity index (χ2n) is 5.69. The van der Waals surface area contributed by atoms with E-state index in [-0.39, 0.29) is 5.91 Å². The van der Waals surface area contributed by atoms with Crippen LogP contribution in [-0.2, 0) is 4.79 Å². The van der Waals surface area contributed by atoms with Crippen LogP contribution in [0.25, 0.3) is 10.9 Å². The molecule has 0 unspecified atom stereocenters. The van der Waals surface area contributed by atoms with Gasteiger partial charge in [0, 0.05) is 16.1 Å². The lowest BCUT2D eigenvalue weighted by molar-refractivity contribution is -0.128. The number of hydrogen-bond acceptors (Lipinski definition) is 3. The number of carbonyl (C=O) groups excluding carboxylic acids is 1. The first-order valence-electron chi connectivity index (χ1n) is 7.13. The van der Waals surface area contributed by atoms with Crippen molar-refractivity contribution in [1.82, 2.24) is 10.2 Å². The third-order valence-corrected chi connectivity index (χ3v) is 3.69. The molecule has 0 atom stereocenters. The number of H-pyrrole nitrogens is 1. The highest BCUT2D eigenvalue weighted by Crippen LogP contribution is 2.23. The van der Waals surface area contributed by atoms with Crippen molar-refractivity contribution in [2.24, 2.45) is 0 Å². The highest BCUT2D eigenvalue weighted by atomic mass is 35.5. The van der Waals surface area contributed by atoms with Crippen LogP contribution in [0.1, 0.15) is 13.8 Å². The van der Waals surface area contributed by atoms with Gasteiger partial charge in [-0.2, -0.15) is 5.10 Å². The molecule has 0 aliphatic carbocycles. The van der Waals surface area contributed by atoms with Crippen LogP contribution in [0.3, 0.4) is 0 Å². The quantitative estimate of drug-likeness (QED) is 0.760. The second-order valence-corrected chi connectivity index (χ2v) is 6.13. The summed E-state index contributed by atoms with van der Waals surface area (Å²) in [4.78, 5) is 12.5. The van der Waals surface area contributed by atoms with Gasteiger partial charge in [0.1, 0.15) is 5.75 Å². The third-order valence-electron chi connectivity index (χ3n) is 3.43. The predicted molar refractivity (Wildman–Crippen MR) is 90.9 cm³/mol. The zero-order valence-corrected chi connectivity index (χ0v) is 13.5. The molecule has 0 saturated heterocycles. The molecule has 23 heavy (non-hydrogen) atoms. The number of ether oxygens (including phenoxy) is 1. The average Bonchev–Trinajstić information content (AvgIpc) is 2.97. The molecule has 0 bridgehead atoms. The van der Waals surface area contributed by atoms with Crippen molar-refractivity contribution in [2.75, 3.05) is 5.32 Å². The number of fused-ring (bicyclic) bond motifs is 1. The number of nitrogens with one attached hydrogen (secondary N) is 2. The fraction of sp³-hybridized carbons (Fsp3) is 0.176. The van der Waals surface area contributed by atoms with Gasteiger partial charge in [0.2, 0.25) is 0 Å². The first-order valence-corrected chi connectivity index (χ1v) is 7.51. The molecule has 1 aromatic heterocycles. The summed E-state index contributed by atoms with van der Waals surface area (Å²) in [5.74, 6) is 0.338. The van der Waals surface area contributed by atoms with Crippen molar-refractivity contribution in [1.29, 1.82) is 0 Å².